The molecule has 9 heteroatoms. The van der Waals surface area contributed by atoms with Crippen LogP contribution < -0.4 is 10.1 Å². The summed E-state index contributed by atoms with van der Waals surface area (Å²) in [6, 6.07) is 20.7. The van der Waals surface area contributed by atoms with Gasteiger partial charge in [0, 0.05) is 24.6 Å². The van der Waals surface area contributed by atoms with Crippen LogP contribution in [0.15, 0.2) is 119 Å². The average Bonchev–Trinajstić information content (AvgIpc) is 3.39. The monoisotopic (exact) mass is 566 g/mol. The number of fused-ring (bicyclic) bond motifs is 1. The summed E-state index contributed by atoms with van der Waals surface area (Å²) in [5.74, 6) is 0.0409. The summed E-state index contributed by atoms with van der Waals surface area (Å²) >= 11 is 1.43. The number of rotatable bonds is 11. The summed E-state index contributed by atoms with van der Waals surface area (Å²) in [7, 11) is 0. The summed E-state index contributed by atoms with van der Waals surface area (Å²) in [5, 5.41) is 5.58. The second kappa shape index (κ2) is 13.1. The summed E-state index contributed by atoms with van der Waals surface area (Å²) in [4.78, 5) is 37.0. The molecule has 0 radical (unpaired) electrons. The van der Waals surface area contributed by atoms with E-state index in [1.54, 1.807) is 19.3 Å². The number of allylic oxidation sites excluding steroid dienone is 1. The number of carbonyl (C=O) groups excluding carboxylic acids is 2. The van der Waals surface area contributed by atoms with Gasteiger partial charge in [0.2, 0.25) is 5.91 Å². The van der Waals surface area contributed by atoms with Gasteiger partial charge in [-0.25, -0.2) is 9.79 Å². The van der Waals surface area contributed by atoms with Crippen molar-refractivity contribution in [2.24, 2.45) is 4.99 Å². The maximum absolute atomic E-state index is 13.4. The SMILES string of the molecule is C=CCOC(=O)C1=C(C)N=C2SC=C(CC(=O)NCc3ccncc3)N2[C@H]1c1cccc(OCc2ccccc2)c1. The Morgan fingerprint density at radius 3 is 2.66 bits per heavy atom. The molecule has 1 aromatic heterocycles. The quantitative estimate of drug-likeness (QED) is 0.236. The van der Waals surface area contributed by atoms with Crippen molar-refractivity contribution < 1.29 is 19.1 Å². The van der Waals surface area contributed by atoms with Gasteiger partial charge in [-0.15, -0.1) is 0 Å². The first-order chi connectivity index (χ1) is 20.0. The summed E-state index contributed by atoms with van der Waals surface area (Å²) in [5.41, 5.74) is 4.53. The van der Waals surface area contributed by atoms with Crippen molar-refractivity contribution in [3.05, 3.63) is 131 Å². The number of nitrogens with zero attached hydrogens (tertiary/aromatic N) is 3. The van der Waals surface area contributed by atoms with Crippen LogP contribution in [0.1, 0.15) is 36.1 Å². The molecule has 2 aliphatic rings. The minimum Gasteiger partial charge on any atom is -0.489 e. The summed E-state index contributed by atoms with van der Waals surface area (Å²) in [6.07, 6.45) is 5.03. The predicted molar refractivity (Wildman–Crippen MR) is 159 cm³/mol. The van der Waals surface area contributed by atoms with E-state index >= 15 is 0 Å². The van der Waals surface area contributed by atoms with Crippen LogP contribution in [0.4, 0.5) is 0 Å². The van der Waals surface area contributed by atoms with Crippen molar-refractivity contribution in [1.29, 1.82) is 0 Å². The van der Waals surface area contributed by atoms with Gasteiger partial charge in [-0.2, -0.15) is 0 Å². The summed E-state index contributed by atoms with van der Waals surface area (Å²) < 4.78 is 11.6. The highest BCUT2D eigenvalue weighted by atomic mass is 32.2. The normalized spacial score (nSPS) is 15.9. The van der Waals surface area contributed by atoms with Gasteiger partial charge < -0.3 is 19.7 Å². The van der Waals surface area contributed by atoms with Crippen LogP contribution in [0.3, 0.4) is 0 Å². The number of aromatic nitrogens is 1. The van der Waals surface area contributed by atoms with Crippen LogP contribution in [0, 0.1) is 0 Å². The molecule has 1 N–H and O–H groups in total. The topological polar surface area (TPSA) is 93.1 Å². The van der Waals surface area contributed by atoms with E-state index in [0.717, 1.165) is 22.4 Å². The van der Waals surface area contributed by atoms with E-state index in [4.69, 9.17) is 14.5 Å². The second-order valence-electron chi connectivity index (χ2n) is 9.44. The number of benzene rings is 2. The molecule has 0 aliphatic carbocycles. The molecule has 208 valence electrons. The summed E-state index contributed by atoms with van der Waals surface area (Å²) in [6.45, 7) is 6.34. The minimum absolute atomic E-state index is 0.0774. The molecule has 2 aromatic carbocycles. The molecule has 1 amide bonds. The molecule has 41 heavy (non-hydrogen) atoms. The van der Waals surface area contributed by atoms with Gasteiger partial charge >= 0.3 is 5.97 Å². The first kappa shape index (κ1) is 27.9. The molecule has 8 nitrogen and oxygen atoms in total. The number of amidine groups is 1. The largest absolute Gasteiger partial charge is 0.489 e. The number of carbonyl (C=O) groups is 2. The number of nitrogens with one attached hydrogen (secondary N) is 1. The highest BCUT2D eigenvalue weighted by Crippen LogP contribution is 2.45. The third kappa shape index (κ3) is 6.75. The molecule has 5 rings (SSSR count). The minimum atomic E-state index is -0.561. The van der Waals surface area contributed by atoms with Gasteiger partial charge in [-0.05, 0) is 53.3 Å². The Balaban J connectivity index is 1.42. The molecule has 3 heterocycles. The van der Waals surface area contributed by atoms with Gasteiger partial charge in [0.05, 0.1) is 23.7 Å². The van der Waals surface area contributed by atoms with Crippen molar-refractivity contribution in [1.82, 2.24) is 15.2 Å². The van der Waals surface area contributed by atoms with E-state index in [2.05, 4.69) is 16.9 Å². The van der Waals surface area contributed by atoms with E-state index in [0.29, 0.717) is 35.3 Å². The van der Waals surface area contributed by atoms with Crippen LogP contribution in [0.25, 0.3) is 0 Å². The lowest BCUT2D eigenvalue weighted by molar-refractivity contribution is -0.138. The smallest absolute Gasteiger partial charge is 0.338 e. The molecule has 0 saturated heterocycles. The number of aliphatic imine (C=N–C) groups is 1. The van der Waals surface area contributed by atoms with Crippen LogP contribution in [-0.2, 0) is 27.5 Å². The maximum Gasteiger partial charge on any atom is 0.338 e. The third-order valence-corrected chi connectivity index (χ3v) is 7.44. The second-order valence-corrected chi connectivity index (χ2v) is 10.3. The Morgan fingerprint density at radius 1 is 1.07 bits per heavy atom. The van der Waals surface area contributed by atoms with Gasteiger partial charge in [0.25, 0.3) is 0 Å². The van der Waals surface area contributed by atoms with Crippen molar-refractivity contribution in [2.45, 2.75) is 32.5 Å². The lowest BCUT2D eigenvalue weighted by Gasteiger charge is -2.36. The Hall–Kier alpha value is -4.63. The standard InChI is InChI=1S/C32H30N4O4S/c1-3-16-39-31(38)29-22(2)35-32-36(26(21-41-32)18-28(37)34-19-23-12-14-33-15-13-23)30(29)25-10-7-11-27(17-25)40-20-24-8-5-4-6-9-24/h3-15,17,21,30H,1,16,18-20H2,2H3,(H,34,37)/t30-/m0/s1. The molecule has 3 aromatic rings. The van der Waals surface area contributed by atoms with Crippen molar-refractivity contribution in [2.75, 3.05) is 6.61 Å². The zero-order valence-electron chi connectivity index (χ0n) is 22.7. The molecule has 0 spiro atoms. The maximum atomic E-state index is 13.4. The van der Waals surface area contributed by atoms with Crippen molar-refractivity contribution in [3.8, 4) is 5.75 Å². The fourth-order valence-electron chi connectivity index (χ4n) is 4.60. The van der Waals surface area contributed by atoms with Crippen LogP contribution in [0.2, 0.25) is 0 Å². The Labute approximate surface area is 243 Å². The van der Waals surface area contributed by atoms with Gasteiger partial charge in [-0.1, -0.05) is 66.9 Å². The number of pyridine rings is 1. The van der Waals surface area contributed by atoms with Crippen LogP contribution in [-0.4, -0.2) is 33.5 Å². The van der Waals surface area contributed by atoms with Crippen molar-refractivity contribution in [3.63, 3.8) is 0 Å². The Morgan fingerprint density at radius 2 is 1.88 bits per heavy atom. The Bertz CT molecular complexity index is 1520. The molecule has 0 fully saturated rings. The van der Waals surface area contributed by atoms with E-state index < -0.39 is 12.0 Å². The molecular weight excluding hydrogens is 536 g/mol. The van der Waals surface area contributed by atoms with E-state index in [-0.39, 0.29) is 18.9 Å². The van der Waals surface area contributed by atoms with Gasteiger partial charge in [0.1, 0.15) is 19.0 Å². The molecular formula is C32H30N4O4S. The zero-order valence-corrected chi connectivity index (χ0v) is 23.5. The molecule has 0 bridgehead atoms. The fourth-order valence-corrected chi connectivity index (χ4v) is 5.57. The van der Waals surface area contributed by atoms with E-state index in [1.807, 2.05) is 77.0 Å². The van der Waals surface area contributed by atoms with E-state index in [1.165, 1.54) is 17.8 Å². The third-order valence-electron chi connectivity index (χ3n) is 6.56. The van der Waals surface area contributed by atoms with Crippen LogP contribution >= 0.6 is 11.8 Å². The highest BCUT2D eigenvalue weighted by molar-refractivity contribution is 8.16. The molecule has 0 unspecified atom stereocenters. The zero-order chi connectivity index (χ0) is 28.6. The molecule has 2 aliphatic heterocycles. The number of thioether (sulfide) groups is 1. The van der Waals surface area contributed by atoms with E-state index in [9.17, 15) is 9.59 Å². The average molecular weight is 567 g/mol. The number of amides is 1. The predicted octanol–water partition coefficient (Wildman–Crippen LogP) is 5.67. The van der Waals surface area contributed by atoms with Crippen molar-refractivity contribution >= 4 is 28.8 Å². The highest BCUT2D eigenvalue weighted by Gasteiger charge is 2.41. The lowest BCUT2D eigenvalue weighted by Crippen LogP contribution is -2.38. The molecule has 0 saturated carbocycles. The lowest BCUT2D eigenvalue weighted by atomic mass is 9.93. The van der Waals surface area contributed by atoms with Crippen LogP contribution in [0.5, 0.6) is 5.75 Å². The Kier molecular flexibility index (Phi) is 8.95. The fraction of sp³-hybridized carbons (Fsp3) is 0.188. The number of hydrogen-bond acceptors (Lipinski definition) is 8. The van der Waals surface area contributed by atoms with Gasteiger partial charge in [0.15, 0.2) is 5.17 Å². The number of hydrogen-bond donors (Lipinski definition) is 1. The number of esters is 1. The van der Waals surface area contributed by atoms with Gasteiger partial charge in [-0.3, -0.25) is 9.78 Å². The first-order valence-corrected chi connectivity index (χ1v) is 14.1. The molecule has 1 atom stereocenters. The number of ether oxygens (including phenoxy) is 2. The first-order valence-electron chi connectivity index (χ1n) is 13.2.